The van der Waals surface area contributed by atoms with Crippen molar-refractivity contribution < 1.29 is 9.90 Å². The molecule has 0 aromatic rings. The van der Waals surface area contributed by atoms with Crippen molar-refractivity contribution in [1.29, 1.82) is 0 Å². The van der Waals surface area contributed by atoms with Gasteiger partial charge in [-0.3, -0.25) is 0 Å². The Labute approximate surface area is 60.4 Å². The van der Waals surface area contributed by atoms with E-state index in [1.807, 2.05) is 0 Å². The molecule has 2 unspecified atom stereocenters. The molecule has 10 heavy (non-hydrogen) atoms. The molecule has 0 aromatic carbocycles. The molecule has 0 radical (unpaired) electrons. The van der Waals surface area contributed by atoms with Gasteiger partial charge in [0.2, 0.25) is 0 Å². The number of aldehydes is 1. The zero-order valence-electron chi connectivity index (χ0n) is 5.92. The van der Waals surface area contributed by atoms with Crippen LogP contribution in [0, 0.1) is 0 Å². The monoisotopic (exact) mass is 143 g/mol. The summed E-state index contributed by atoms with van der Waals surface area (Å²) in [5.41, 5.74) is 0. The van der Waals surface area contributed by atoms with Crippen LogP contribution in [0.4, 0.5) is 0 Å². The number of rotatable bonds is 2. The van der Waals surface area contributed by atoms with E-state index < -0.39 is 6.10 Å². The lowest BCUT2D eigenvalue weighted by Crippen LogP contribution is -2.43. The van der Waals surface area contributed by atoms with Crippen molar-refractivity contribution in [2.24, 2.45) is 0 Å². The second-order valence-corrected chi connectivity index (χ2v) is 2.68. The molecule has 0 spiro atoms. The number of hydrogen-bond acceptors (Lipinski definition) is 3. The van der Waals surface area contributed by atoms with Crippen molar-refractivity contribution in [2.45, 2.75) is 31.4 Å². The van der Waals surface area contributed by atoms with E-state index in [-0.39, 0.29) is 6.04 Å². The first-order valence-corrected chi connectivity index (χ1v) is 3.71. The van der Waals surface area contributed by atoms with Gasteiger partial charge in [-0.15, -0.1) is 0 Å². The molecule has 1 saturated heterocycles. The van der Waals surface area contributed by atoms with Crippen LogP contribution in [0.5, 0.6) is 0 Å². The highest BCUT2D eigenvalue weighted by Crippen LogP contribution is 2.08. The molecule has 0 bridgehead atoms. The number of aliphatic hydroxyl groups is 1. The fourth-order valence-corrected chi connectivity index (χ4v) is 1.27. The molecule has 1 aliphatic heterocycles. The highest BCUT2D eigenvalue weighted by Gasteiger charge is 2.19. The molecule has 1 aliphatic rings. The average molecular weight is 143 g/mol. The third-order valence-corrected chi connectivity index (χ3v) is 1.90. The number of piperidine rings is 1. The summed E-state index contributed by atoms with van der Waals surface area (Å²) in [4.78, 5) is 10.1. The molecule has 3 nitrogen and oxygen atoms in total. The van der Waals surface area contributed by atoms with E-state index in [9.17, 15) is 4.79 Å². The van der Waals surface area contributed by atoms with E-state index in [1.54, 1.807) is 0 Å². The maximum atomic E-state index is 10.1. The maximum Gasteiger partial charge on any atom is 0.150 e. The topological polar surface area (TPSA) is 49.3 Å². The van der Waals surface area contributed by atoms with E-state index >= 15 is 0 Å². The van der Waals surface area contributed by atoms with Crippen molar-refractivity contribution in [3.05, 3.63) is 0 Å². The largest absolute Gasteiger partial charge is 0.384 e. The summed E-state index contributed by atoms with van der Waals surface area (Å²) in [5, 5.41) is 12.1. The van der Waals surface area contributed by atoms with Crippen molar-refractivity contribution in [2.75, 3.05) is 6.54 Å². The zero-order valence-corrected chi connectivity index (χ0v) is 5.92. The van der Waals surface area contributed by atoms with Gasteiger partial charge in [0.1, 0.15) is 12.4 Å². The van der Waals surface area contributed by atoms with Crippen LogP contribution in [0.25, 0.3) is 0 Å². The number of hydrogen-bond donors (Lipinski definition) is 2. The van der Waals surface area contributed by atoms with E-state index in [2.05, 4.69) is 5.32 Å². The van der Waals surface area contributed by atoms with E-state index in [4.69, 9.17) is 5.11 Å². The maximum absolute atomic E-state index is 10.1. The summed E-state index contributed by atoms with van der Waals surface area (Å²) < 4.78 is 0. The van der Waals surface area contributed by atoms with Crippen molar-refractivity contribution in [1.82, 2.24) is 5.32 Å². The van der Waals surface area contributed by atoms with Crippen LogP contribution in [-0.2, 0) is 4.79 Å². The van der Waals surface area contributed by atoms with Crippen LogP contribution in [0.2, 0.25) is 0 Å². The zero-order chi connectivity index (χ0) is 7.40. The third kappa shape index (κ3) is 1.78. The lowest BCUT2D eigenvalue weighted by molar-refractivity contribution is -0.116. The lowest BCUT2D eigenvalue weighted by Gasteiger charge is -2.24. The minimum Gasteiger partial charge on any atom is -0.384 e. The lowest BCUT2D eigenvalue weighted by atomic mass is 10.0. The Morgan fingerprint density at radius 3 is 2.90 bits per heavy atom. The molecular formula is C7H13NO2. The highest BCUT2D eigenvalue weighted by atomic mass is 16.3. The first kappa shape index (κ1) is 7.69. The van der Waals surface area contributed by atoms with Gasteiger partial charge in [0.05, 0.1) is 0 Å². The van der Waals surface area contributed by atoms with Crippen LogP contribution >= 0.6 is 0 Å². The molecule has 0 aromatic heterocycles. The van der Waals surface area contributed by atoms with Gasteiger partial charge in [0.25, 0.3) is 0 Å². The SMILES string of the molecule is O=CC(O)C1CCCCN1. The van der Waals surface area contributed by atoms with Crippen LogP contribution in [0.1, 0.15) is 19.3 Å². The summed E-state index contributed by atoms with van der Waals surface area (Å²) in [6.45, 7) is 0.926. The first-order chi connectivity index (χ1) is 4.84. The normalized spacial score (nSPS) is 29.5. The number of aliphatic hydroxyl groups excluding tert-OH is 1. The smallest absolute Gasteiger partial charge is 0.150 e. The quantitative estimate of drug-likeness (QED) is 0.521. The standard InChI is InChI=1S/C7H13NO2/c9-5-7(10)6-3-1-2-4-8-6/h5-8,10H,1-4H2. The van der Waals surface area contributed by atoms with Gasteiger partial charge >= 0.3 is 0 Å². The average Bonchev–Trinajstić information content (AvgIpc) is 2.05. The van der Waals surface area contributed by atoms with Crippen LogP contribution in [0.15, 0.2) is 0 Å². The Bertz CT molecular complexity index is 110. The van der Waals surface area contributed by atoms with Gasteiger partial charge in [0.15, 0.2) is 0 Å². The molecule has 0 amide bonds. The Morgan fingerprint density at radius 2 is 2.40 bits per heavy atom. The Hall–Kier alpha value is -0.410. The summed E-state index contributed by atoms with van der Waals surface area (Å²) in [7, 11) is 0. The highest BCUT2D eigenvalue weighted by molar-refractivity contribution is 5.56. The molecule has 2 N–H and O–H groups in total. The van der Waals surface area contributed by atoms with E-state index in [0.717, 1.165) is 25.8 Å². The van der Waals surface area contributed by atoms with E-state index in [0.29, 0.717) is 6.29 Å². The fraction of sp³-hybridized carbons (Fsp3) is 0.857. The second-order valence-electron chi connectivity index (χ2n) is 2.68. The Kier molecular flexibility index (Phi) is 2.83. The van der Waals surface area contributed by atoms with E-state index in [1.165, 1.54) is 0 Å². The molecule has 0 aliphatic carbocycles. The summed E-state index contributed by atoms with van der Waals surface area (Å²) in [5.74, 6) is 0. The molecule has 0 saturated carbocycles. The van der Waals surface area contributed by atoms with Crippen LogP contribution in [-0.4, -0.2) is 30.1 Å². The minimum absolute atomic E-state index is 0.00579. The van der Waals surface area contributed by atoms with Crippen molar-refractivity contribution in [3.8, 4) is 0 Å². The Morgan fingerprint density at radius 1 is 1.60 bits per heavy atom. The van der Waals surface area contributed by atoms with Gasteiger partial charge in [-0.2, -0.15) is 0 Å². The Balaban J connectivity index is 2.30. The number of carbonyl (C=O) groups excluding carboxylic acids is 1. The fourth-order valence-electron chi connectivity index (χ4n) is 1.27. The summed E-state index contributed by atoms with van der Waals surface area (Å²) in [6, 6.07) is 0.00579. The molecule has 1 heterocycles. The second kappa shape index (κ2) is 3.68. The van der Waals surface area contributed by atoms with Crippen molar-refractivity contribution in [3.63, 3.8) is 0 Å². The van der Waals surface area contributed by atoms with Crippen LogP contribution < -0.4 is 5.32 Å². The first-order valence-electron chi connectivity index (χ1n) is 3.71. The third-order valence-electron chi connectivity index (χ3n) is 1.90. The number of carbonyl (C=O) groups is 1. The number of nitrogens with one attached hydrogen (secondary N) is 1. The van der Waals surface area contributed by atoms with Gasteiger partial charge in [-0.1, -0.05) is 6.42 Å². The molecular weight excluding hydrogens is 130 g/mol. The van der Waals surface area contributed by atoms with Gasteiger partial charge in [-0.25, -0.2) is 0 Å². The molecule has 3 heteroatoms. The van der Waals surface area contributed by atoms with Gasteiger partial charge < -0.3 is 15.2 Å². The molecule has 1 fully saturated rings. The van der Waals surface area contributed by atoms with Gasteiger partial charge in [-0.05, 0) is 19.4 Å². The summed E-state index contributed by atoms with van der Waals surface area (Å²) in [6.07, 6.45) is 2.98. The minimum atomic E-state index is -0.805. The molecule has 1 rings (SSSR count). The van der Waals surface area contributed by atoms with Gasteiger partial charge in [0, 0.05) is 6.04 Å². The predicted octanol–water partition coefficient (Wildman–Crippen LogP) is -0.312. The predicted molar refractivity (Wildman–Crippen MR) is 37.7 cm³/mol. The molecule has 2 atom stereocenters. The molecule has 58 valence electrons. The van der Waals surface area contributed by atoms with Crippen molar-refractivity contribution >= 4 is 6.29 Å². The van der Waals surface area contributed by atoms with Crippen LogP contribution in [0.3, 0.4) is 0 Å². The summed E-state index contributed by atoms with van der Waals surface area (Å²) >= 11 is 0.